The maximum absolute atomic E-state index is 14.0. The summed E-state index contributed by atoms with van der Waals surface area (Å²) in [6.07, 6.45) is 0.569. The number of carbonyl (C=O) groups excluding carboxylic acids is 1. The monoisotopic (exact) mass is 463 g/mol. The zero-order chi connectivity index (χ0) is 20.3. The summed E-state index contributed by atoms with van der Waals surface area (Å²) in [5.74, 6) is -0.791. The van der Waals surface area contributed by atoms with E-state index < -0.39 is 11.7 Å². The van der Waals surface area contributed by atoms with Gasteiger partial charge >= 0.3 is 0 Å². The van der Waals surface area contributed by atoms with Crippen LogP contribution in [0.15, 0.2) is 57.8 Å². The van der Waals surface area contributed by atoms with E-state index in [9.17, 15) is 14.0 Å². The Morgan fingerprint density at radius 2 is 2.04 bits per heavy atom. The van der Waals surface area contributed by atoms with E-state index in [-0.39, 0.29) is 17.8 Å². The minimum Gasteiger partial charge on any atom is -0.322 e. The SMILES string of the molecule is CCc1cc(=O)n(CC(=O)Nc2ccc(Br)cc2F)c(-c2cccc(Cl)c2)n1. The maximum Gasteiger partial charge on any atom is 0.254 e. The molecule has 1 aromatic heterocycles. The normalized spacial score (nSPS) is 10.7. The van der Waals surface area contributed by atoms with Gasteiger partial charge < -0.3 is 5.32 Å². The molecule has 0 aliphatic carbocycles. The van der Waals surface area contributed by atoms with Gasteiger partial charge in [0.25, 0.3) is 5.56 Å². The van der Waals surface area contributed by atoms with Crippen molar-refractivity contribution in [3.8, 4) is 11.4 Å². The average molecular weight is 465 g/mol. The molecule has 8 heteroatoms. The van der Waals surface area contributed by atoms with Gasteiger partial charge in [-0.25, -0.2) is 9.37 Å². The number of hydrogen-bond donors (Lipinski definition) is 1. The van der Waals surface area contributed by atoms with Crippen molar-refractivity contribution in [2.45, 2.75) is 19.9 Å². The van der Waals surface area contributed by atoms with Gasteiger partial charge in [0.05, 0.1) is 5.69 Å². The third-order valence-corrected chi connectivity index (χ3v) is 4.74. The Labute approximate surface area is 174 Å². The zero-order valence-corrected chi connectivity index (χ0v) is 17.2. The van der Waals surface area contributed by atoms with Crippen LogP contribution in [-0.2, 0) is 17.8 Å². The Morgan fingerprint density at radius 1 is 1.25 bits per heavy atom. The number of aromatic nitrogens is 2. The van der Waals surface area contributed by atoms with Crippen molar-refractivity contribution >= 4 is 39.1 Å². The second-order valence-electron chi connectivity index (χ2n) is 6.03. The number of carbonyl (C=O) groups is 1. The van der Waals surface area contributed by atoms with Crippen molar-refractivity contribution in [3.05, 3.63) is 79.9 Å². The molecule has 0 spiro atoms. The Kier molecular flexibility index (Phi) is 6.26. The molecule has 0 aliphatic rings. The Bertz CT molecular complexity index is 1100. The van der Waals surface area contributed by atoms with E-state index in [0.29, 0.717) is 33.0 Å². The van der Waals surface area contributed by atoms with E-state index in [1.54, 1.807) is 30.3 Å². The summed E-state index contributed by atoms with van der Waals surface area (Å²) >= 11 is 9.23. The Balaban J connectivity index is 1.96. The highest BCUT2D eigenvalue weighted by molar-refractivity contribution is 9.10. The lowest BCUT2D eigenvalue weighted by atomic mass is 10.2. The number of nitrogens with one attached hydrogen (secondary N) is 1. The summed E-state index contributed by atoms with van der Waals surface area (Å²) in [4.78, 5) is 29.6. The van der Waals surface area contributed by atoms with Crippen LogP contribution in [0.25, 0.3) is 11.4 Å². The van der Waals surface area contributed by atoms with E-state index in [0.717, 1.165) is 0 Å². The Hall–Kier alpha value is -2.51. The van der Waals surface area contributed by atoms with Crippen molar-refractivity contribution < 1.29 is 9.18 Å². The van der Waals surface area contributed by atoms with Gasteiger partial charge in [-0.1, -0.05) is 46.6 Å². The van der Waals surface area contributed by atoms with Crippen LogP contribution >= 0.6 is 27.5 Å². The van der Waals surface area contributed by atoms with Crippen LogP contribution < -0.4 is 10.9 Å². The number of hydrogen-bond acceptors (Lipinski definition) is 3. The fourth-order valence-corrected chi connectivity index (χ4v) is 3.18. The number of halogens is 3. The first kappa shape index (κ1) is 20.2. The van der Waals surface area contributed by atoms with Gasteiger partial charge in [-0.05, 0) is 36.8 Å². The van der Waals surface area contributed by atoms with Crippen molar-refractivity contribution in [1.29, 1.82) is 0 Å². The summed E-state index contributed by atoms with van der Waals surface area (Å²) in [6.45, 7) is 1.57. The number of rotatable bonds is 5. The van der Waals surface area contributed by atoms with Crippen molar-refractivity contribution in [3.63, 3.8) is 0 Å². The minimum atomic E-state index is -0.579. The van der Waals surface area contributed by atoms with Gasteiger partial charge in [0.2, 0.25) is 5.91 Å². The van der Waals surface area contributed by atoms with E-state index in [2.05, 4.69) is 26.2 Å². The van der Waals surface area contributed by atoms with Crippen LogP contribution in [0, 0.1) is 5.82 Å². The largest absolute Gasteiger partial charge is 0.322 e. The van der Waals surface area contributed by atoms with Crippen LogP contribution in [0.5, 0.6) is 0 Å². The molecule has 28 heavy (non-hydrogen) atoms. The van der Waals surface area contributed by atoms with Gasteiger partial charge in [-0.15, -0.1) is 0 Å². The molecule has 0 fully saturated rings. The third-order valence-electron chi connectivity index (χ3n) is 4.01. The first-order valence-corrected chi connectivity index (χ1v) is 9.66. The highest BCUT2D eigenvalue weighted by Gasteiger charge is 2.15. The van der Waals surface area contributed by atoms with Gasteiger partial charge in [-0.2, -0.15) is 0 Å². The molecule has 0 radical (unpaired) electrons. The minimum absolute atomic E-state index is 0.0312. The number of anilines is 1. The summed E-state index contributed by atoms with van der Waals surface area (Å²) in [6, 6.07) is 12.6. The fraction of sp³-hybridized carbons (Fsp3) is 0.150. The summed E-state index contributed by atoms with van der Waals surface area (Å²) in [5.41, 5.74) is 0.884. The highest BCUT2D eigenvalue weighted by atomic mass is 79.9. The van der Waals surface area contributed by atoms with Crippen molar-refractivity contribution in [1.82, 2.24) is 9.55 Å². The standard InChI is InChI=1S/C20H16BrClFN3O2/c1-2-15-10-19(28)26(20(24-15)12-4-3-5-14(22)8-12)11-18(27)25-17-7-6-13(21)9-16(17)23/h3-10H,2,11H2,1H3,(H,25,27). The smallest absolute Gasteiger partial charge is 0.254 e. The molecule has 3 rings (SSSR count). The molecule has 3 aromatic rings. The quantitative estimate of drug-likeness (QED) is 0.597. The van der Waals surface area contributed by atoms with Crippen LogP contribution in [0.2, 0.25) is 5.02 Å². The molecule has 1 N–H and O–H groups in total. The highest BCUT2D eigenvalue weighted by Crippen LogP contribution is 2.22. The predicted molar refractivity (Wildman–Crippen MR) is 111 cm³/mol. The van der Waals surface area contributed by atoms with E-state index >= 15 is 0 Å². The topological polar surface area (TPSA) is 64.0 Å². The van der Waals surface area contributed by atoms with Gasteiger partial charge in [-0.3, -0.25) is 14.2 Å². The predicted octanol–water partition coefficient (Wildman–Crippen LogP) is 4.67. The van der Waals surface area contributed by atoms with Crippen molar-refractivity contribution in [2.24, 2.45) is 0 Å². The van der Waals surface area contributed by atoms with Gasteiger partial charge in [0, 0.05) is 26.8 Å². The van der Waals surface area contributed by atoms with Gasteiger partial charge in [0.15, 0.2) is 0 Å². The molecule has 0 bridgehead atoms. The molecule has 0 atom stereocenters. The number of nitrogens with zero attached hydrogens (tertiary/aromatic N) is 2. The van der Waals surface area contributed by atoms with Crippen molar-refractivity contribution in [2.75, 3.05) is 5.32 Å². The number of benzene rings is 2. The molecule has 1 amide bonds. The molecule has 1 heterocycles. The first-order valence-electron chi connectivity index (χ1n) is 8.49. The molecular formula is C20H16BrClFN3O2. The molecule has 0 unspecified atom stereocenters. The first-order chi connectivity index (χ1) is 13.4. The molecule has 2 aromatic carbocycles. The summed E-state index contributed by atoms with van der Waals surface area (Å²) in [7, 11) is 0. The van der Waals surface area contributed by atoms with E-state index in [1.807, 2.05) is 6.92 Å². The summed E-state index contributed by atoms with van der Waals surface area (Å²) < 4.78 is 15.8. The molecule has 0 saturated carbocycles. The number of amides is 1. The molecule has 5 nitrogen and oxygen atoms in total. The van der Waals surface area contributed by atoms with Crippen LogP contribution in [0.1, 0.15) is 12.6 Å². The lowest BCUT2D eigenvalue weighted by Gasteiger charge is -2.14. The zero-order valence-electron chi connectivity index (χ0n) is 14.9. The lowest BCUT2D eigenvalue weighted by molar-refractivity contribution is -0.116. The van der Waals surface area contributed by atoms with E-state index in [4.69, 9.17) is 11.6 Å². The maximum atomic E-state index is 14.0. The van der Waals surface area contributed by atoms with Crippen LogP contribution in [-0.4, -0.2) is 15.5 Å². The average Bonchev–Trinajstić information content (AvgIpc) is 2.65. The second kappa shape index (κ2) is 8.67. The molecule has 0 aliphatic heterocycles. The molecular weight excluding hydrogens is 449 g/mol. The second-order valence-corrected chi connectivity index (χ2v) is 7.38. The lowest BCUT2D eigenvalue weighted by Crippen LogP contribution is -2.30. The Morgan fingerprint density at radius 3 is 2.71 bits per heavy atom. The summed E-state index contributed by atoms with van der Waals surface area (Å²) in [5, 5.41) is 2.97. The molecule has 144 valence electrons. The van der Waals surface area contributed by atoms with Crippen LogP contribution in [0.4, 0.5) is 10.1 Å². The third kappa shape index (κ3) is 4.66. The molecule has 0 saturated heterocycles. The number of aryl methyl sites for hydroxylation is 1. The van der Waals surface area contributed by atoms with E-state index in [1.165, 1.54) is 22.8 Å². The fourth-order valence-electron chi connectivity index (χ4n) is 2.66. The van der Waals surface area contributed by atoms with Gasteiger partial charge in [0.1, 0.15) is 18.2 Å². The van der Waals surface area contributed by atoms with Crippen LogP contribution in [0.3, 0.4) is 0 Å².